The van der Waals surface area contributed by atoms with Crippen molar-refractivity contribution >= 4 is 11.7 Å². The topological polar surface area (TPSA) is 80.0 Å². The van der Waals surface area contributed by atoms with Crippen LogP contribution in [0.25, 0.3) is 0 Å². The van der Waals surface area contributed by atoms with E-state index >= 15 is 0 Å². The highest BCUT2D eigenvalue weighted by Gasteiger charge is 2.25. The molecule has 6 nitrogen and oxygen atoms in total. The molecule has 0 unspecified atom stereocenters. The minimum absolute atomic E-state index is 0.201. The van der Waals surface area contributed by atoms with Crippen LogP contribution in [-0.4, -0.2) is 33.4 Å². The van der Waals surface area contributed by atoms with Gasteiger partial charge in [-0.25, -0.2) is 4.79 Å². The Balaban J connectivity index is 2.60. The van der Waals surface area contributed by atoms with Crippen molar-refractivity contribution in [2.45, 2.75) is 0 Å². The average Bonchev–Trinajstić information content (AvgIpc) is 2.39. The van der Waals surface area contributed by atoms with E-state index < -0.39 is 5.97 Å². The first kappa shape index (κ1) is 11.4. The van der Waals surface area contributed by atoms with Crippen LogP contribution in [0.15, 0.2) is 6.07 Å². The lowest BCUT2D eigenvalue weighted by Crippen LogP contribution is -2.19. The van der Waals surface area contributed by atoms with E-state index in [4.69, 9.17) is 19.9 Å². The number of esters is 1. The Morgan fingerprint density at radius 1 is 1.29 bits per heavy atom. The van der Waals surface area contributed by atoms with Gasteiger partial charge in [0, 0.05) is 6.07 Å². The van der Waals surface area contributed by atoms with Crippen LogP contribution in [0, 0.1) is 0 Å². The number of carbonyl (C=O) groups is 1. The standard InChI is InChI=1S/C11H13NO5/c1-14-7-5-6(11(13)15-2)8(12)10-9(7)16-3-4-17-10/h5H,3-4,12H2,1-2H3. The summed E-state index contributed by atoms with van der Waals surface area (Å²) in [6, 6.07) is 1.48. The van der Waals surface area contributed by atoms with Crippen LogP contribution < -0.4 is 19.9 Å². The van der Waals surface area contributed by atoms with Crippen LogP contribution in [0.1, 0.15) is 10.4 Å². The second-order valence-electron chi connectivity index (χ2n) is 3.39. The first-order valence-corrected chi connectivity index (χ1v) is 5.03. The number of fused-ring (bicyclic) bond motifs is 1. The zero-order valence-electron chi connectivity index (χ0n) is 9.61. The third-order valence-corrected chi connectivity index (χ3v) is 2.44. The molecule has 0 saturated carbocycles. The summed E-state index contributed by atoms with van der Waals surface area (Å²) in [6.45, 7) is 0.797. The van der Waals surface area contributed by atoms with E-state index in [9.17, 15) is 4.79 Å². The van der Waals surface area contributed by atoms with Crippen molar-refractivity contribution in [3.05, 3.63) is 11.6 Å². The van der Waals surface area contributed by atoms with Gasteiger partial charge in [0.2, 0.25) is 5.75 Å². The fraction of sp³-hybridized carbons (Fsp3) is 0.364. The van der Waals surface area contributed by atoms with E-state index in [1.165, 1.54) is 20.3 Å². The number of hydrogen-bond donors (Lipinski definition) is 1. The van der Waals surface area contributed by atoms with Crippen molar-refractivity contribution in [1.29, 1.82) is 0 Å². The first-order valence-electron chi connectivity index (χ1n) is 5.03. The highest BCUT2D eigenvalue weighted by atomic mass is 16.6. The van der Waals surface area contributed by atoms with Crippen molar-refractivity contribution in [2.75, 3.05) is 33.2 Å². The lowest BCUT2D eigenvalue weighted by Gasteiger charge is -2.22. The Bertz CT molecular complexity index is 458. The molecule has 2 rings (SSSR count). The highest BCUT2D eigenvalue weighted by Crippen LogP contribution is 2.45. The molecule has 17 heavy (non-hydrogen) atoms. The summed E-state index contributed by atoms with van der Waals surface area (Å²) in [5.41, 5.74) is 6.25. The van der Waals surface area contributed by atoms with E-state index in [0.29, 0.717) is 30.5 Å². The molecule has 0 saturated heterocycles. The number of nitrogen functional groups attached to an aromatic ring is 1. The Labute approximate surface area is 98.2 Å². The van der Waals surface area contributed by atoms with Crippen molar-refractivity contribution in [3.63, 3.8) is 0 Å². The SMILES string of the molecule is COC(=O)c1cc(OC)c2c(c1N)OCCO2. The third-order valence-electron chi connectivity index (χ3n) is 2.44. The number of anilines is 1. The minimum atomic E-state index is -0.544. The summed E-state index contributed by atoms with van der Waals surface area (Å²) in [5.74, 6) is 0.604. The number of hydrogen-bond acceptors (Lipinski definition) is 6. The molecule has 1 aliphatic heterocycles. The summed E-state index contributed by atoms with van der Waals surface area (Å²) < 4.78 is 20.6. The normalized spacial score (nSPS) is 13.1. The fourth-order valence-electron chi connectivity index (χ4n) is 1.63. The van der Waals surface area contributed by atoms with Gasteiger partial charge in [-0.2, -0.15) is 0 Å². The zero-order chi connectivity index (χ0) is 12.4. The van der Waals surface area contributed by atoms with Crippen LogP contribution in [0.4, 0.5) is 5.69 Å². The number of carbonyl (C=O) groups excluding carboxylic acids is 1. The predicted molar refractivity (Wildman–Crippen MR) is 59.7 cm³/mol. The van der Waals surface area contributed by atoms with Gasteiger partial charge in [-0.15, -0.1) is 0 Å². The predicted octanol–water partition coefficient (Wildman–Crippen LogP) is 0.835. The molecule has 1 heterocycles. The van der Waals surface area contributed by atoms with Crippen LogP contribution in [-0.2, 0) is 4.74 Å². The fourth-order valence-corrected chi connectivity index (χ4v) is 1.63. The van der Waals surface area contributed by atoms with E-state index in [0.717, 1.165) is 0 Å². The maximum absolute atomic E-state index is 11.5. The van der Waals surface area contributed by atoms with Gasteiger partial charge in [-0.3, -0.25) is 0 Å². The van der Waals surface area contributed by atoms with Crippen LogP contribution in [0.5, 0.6) is 17.2 Å². The second kappa shape index (κ2) is 4.40. The number of rotatable bonds is 2. The van der Waals surface area contributed by atoms with Gasteiger partial charge in [0.15, 0.2) is 11.5 Å². The molecule has 92 valence electrons. The summed E-state index contributed by atoms with van der Waals surface area (Å²) in [7, 11) is 2.76. The highest BCUT2D eigenvalue weighted by molar-refractivity contribution is 5.98. The number of ether oxygens (including phenoxy) is 4. The van der Waals surface area contributed by atoms with Gasteiger partial charge in [-0.05, 0) is 0 Å². The molecule has 6 heteroatoms. The van der Waals surface area contributed by atoms with E-state index in [1.54, 1.807) is 0 Å². The molecule has 0 spiro atoms. The summed E-state index contributed by atoms with van der Waals surface area (Å²) in [6.07, 6.45) is 0. The maximum atomic E-state index is 11.5. The van der Waals surface area contributed by atoms with E-state index in [-0.39, 0.29) is 11.3 Å². The third kappa shape index (κ3) is 1.82. The molecular weight excluding hydrogens is 226 g/mol. The Hall–Kier alpha value is -2.11. The molecule has 0 amide bonds. The van der Waals surface area contributed by atoms with Crippen molar-refractivity contribution in [2.24, 2.45) is 0 Å². The van der Waals surface area contributed by atoms with Crippen LogP contribution in [0.2, 0.25) is 0 Å². The lowest BCUT2D eigenvalue weighted by atomic mass is 10.1. The summed E-state index contributed by atoms with van der Waals surface area (Å²) in [4.78, 5) is 11.5. The summed E-state index contributed by atoms with van der Waals surface area (Å²) >= 11 is 0. The average molecular weight is 239 g/mol. The molecule has 0 fully saturated rings. The number of methoxy groups -OCH3 is 2. The molecule has 0 atom stereocenters. The smallest absolute Gasteiger partial charge is 0.340 e. The monoisotopic (exact) mass is 239 g/mol. The van der Waals surface area contributed by atoms with E-state index in [1.807, 2.05) is 0 Å². The van der Waals surface area contributed by atoms with Crippen molar-refractivity contribution in [1.82, 2.24) is 0 Å². The van der Waals surface area contributed by atoms with Gasteiger partial charge in [0.1, 0.15) is 13.2 Å². The molecule has 1 aliphatic rings. The molecule has 0 aromatic heterocycles. The Kier molecular flexibility index (Phi) is 2.95. The molecule has 0 bridgehead atoms. The first-order chi connectivity index (χ1) is 8.19. The molecule has 2 N–H and O–H groups in total. The van der Waals surface area contributed by atoms with Crippen LogP contribution in [0.3, 0.4) is 0 Å². The Morgan fingerprint density at radius 2 is 1.94 bits per heavy atom. The number of nitrogens with two attached hydrogens (primary N) is 1. The van der Waals surface area contributed by atoms with Gasteiger partial charge in [0.25, 0.3) is 0 Å². The van der Waals surface area contributed by atoms with Gasteiger partial charge < -0.3 is 24.7 Å². The molecule has 1 aromatic rings. The lowest BCUT2D eigenvalue weighted by molar-refractivity contribution is 0.0600. The van der Waals surface area contributed by atoms with Crippen LogP contribution >= 0.6 is 0 Å². The molecular formula is C11H13NO5. The zero-order valence-corrected chi connectivity index (χ0v) is 9.61. The quantitative estimate of drug-likeness (QED) is 0.608. The van der Waals surface area contributed by atoms with Crippen molar-refractivity contribution < 1.29 is 23.7 Å². The summed E-state index contributed by atoms with van der Waals surface area (Å²) in [5, 5.41) is 0. The Morgan fingerprint density at radius 3 is 2.53 bits per heavy atom. The molecule has 0 aliphatic carbocycles. The molecule has 0 radical (unpaired) electrons. The maximum Gasteiger partial charge on any atom is 0.340 e. The van der Waals surface area contributed by atoms with Gasteiger partial charge in [-0.1, -0.05) is 0 Å². The minimum Gasteiger partial charge on any atom is -0.493 e. The molecule has 1 aromatic carbocycles. The second-order valence-corrected chi connectivity index (χ2v) is 3.39. The van der Waals surface area contributed by atoms with Gasteiger partial charge in [0.05, 0.1) is 25.5 Å². The van der Waals surface area contributed by atoms with Gasteiger partial charge >= 0.3 is 5.97 Å². The number of benzene rings is 1. The largest absolute Gasteiger partial charge is 0.493 e. The van der Waals surface area contributed by atoms with Crippen molar-refractivity contribution in [3.8, 4) is 17.2 Å². The van der Waals surface area contributed by atoms with E-state index in [2.05, 4.69) is 4.74 Å².